The molecule has 74 valence electrons. The highest BCUT2D eigenvalue weighted by Crippen LogP contribution is 2.16. The fourth-order valence-corrected chi connectivity index (χ4v) is 1.56. The molecule has 0 spiro atoms. The maximum absolute atomic E-state index is 4.32. The maximum atomic E-state index is 4.32. The molecule has 0 unspecified atom stereocenters. The minimum atomic E-state index is 0.832. The molecule has 0 bridgehead atoms. The molecule has 0 fully saturated rings. The number of nitrogens with zero attached hydrogens (tertiary/aromatic N) is 5. The van der Waals surface area contributed by atoms with Crippen LogP contribution in [0, 0.1) is 0 Å². The lowest BCUT2D eigenvalue weighted by Gasteiger charge is -1.95. The monoisotopic (exact) mass is 199 g/mol. The zero-order chi connectivity index (χ0) is 10.3. The van der Waals surface area contributed by atoms with E-state index in [0.29, 0.717) is 0 Å². The molecule has 0 atom stereocenters. The van der Waals surface area contributed by atoms with E-state index < -0.39 is 0 Å². The highest BCUT2D eigenvalue weighted by atomic mass is 15.3. The Morgan fingerprint density at radius 1 is 1.27 bits per heavy atom. The normalized spacial score (nSPS) is 11.0. The molecule has 3 aromatic rings. The molecule has 0 saturated carbocycles. The fraction of sp³-hybridized carbons (Fsp3) is 0.100. The Kier molecular flexibility index (Phi) is 1.58. The van der Waals surface area contributed by atoms with Crippen LogP contribution in [-0.4, -0.2) is 24.4 Å². The molecule has 0 aliphatic heterocycles. The van der Waals surface area contributed by atoms with Gasteiger partial charge in [0.05, 0.1) is 6.20 Å². The van der Waals surface area contributed by atoms with Crippen molar-refractivity contribution in [1.29, 1.82) is 0 Å². The van der Waals surface area contributed by atoms with Gasteiger partial charge in [0.15, 0.2) is 5.65 Å². The molecule has 0 N–H and O–H groups in total. The highest BCUT2D eigenvalue weighted by Gasteiger charge is 2.07. The predicted molar refractivity (Wildman–Crippen MR) is 55.2 cm³/mol. The van der Waals surface area contributed by atoms with Crippen LogP contribution >= 0.6 is 0 Å². The Labute approximate surface area is 86.0 Å². The third-order valence-electron chi connectivity index (χ3n) is 2.25. The summed E-state index contributed by atoms with van der Waals surface area (Å²) >= 11 is 0. The molecule has 5 heteroatoms. The molecule has 3 aromatic heterocycles. The van der Waals surface area contributed by atoms with Gasteiger partial charge < -0.3 is 0 Å². The van der Waals surface area contributed by atoms with Crippen molar-refractivity contribution in [1.82, 2.24) is 24.4 Å². The molecular formula is C10H9N5. The second-order valence-electron chi connectivity index (χ2n) is 3.31. The van der Waals surface area contributed by atoms with E-state index in [1.165, 1.54) is 0 Å². The van der Waals surface area contributed by atoms with Crippen molar-refractivity contribution in [2.24, 2.45) is 7.05 Å². The number of imidazole rings is 1. The molecule has 15 heavy (non-hydrogen) atoms. The van der Waals surface area contributed by atoms with Gasteiger partial charge in [-0.15, -0.1) is 0 Å². The lowest BCUT2D eigenvalue weighted by molar-refractivity contribution is 0.768. The Balaban J connectivity index is 2.27. The first-order chi connectivity index (χ1) is 7.34. The Bertz CT molecular complexity index is 607. The van der Waals surface area contributed by atoms with E-state index >= 15 is 0 Å². The summed E-state index contributed by atoms with van der Waals surface area (Å²) in [6.07, 6.45) is 5.42. The summed E-state index contributed by atoms with van der Waals surface area (Å²) in [5, 5.41) is 8.55. The smallest absolute Gasteiger partial charge is 0.154 e. The molecule has 3 rings (SSSR count). The van der Waals surface area contributed by atoms with Gasteiger partial charge in [-0.1, -0.05) is 0 Å². The van der Waals surface area contributed by atoms with E-state index in [9.17, 15) is 0 Å². The lowest BCUT2D eigenvalue weighted by atomic mass is 10.3. The highest BCUT2D eigenvalue weighted by molar-refractivity contribution is 5.58. The second-order valence-corrected chi connectivity index (χ2v) is 3.31. The third kappa shape index (κ3) is 1.20. The Hall–Kier alpha value is -2.17. The molecule has 0 aliphatic rings. The molecule has 3 heterocycles. The average Bonchev–Trinajstić information content (AvgIpc) is 2.83. The molecule has 0 aromatic carbocycles. The SMILES string of the molecule is Cn1ccc(-c2cnc3cccnn23)n1. The van der Waals surface area contributed by atoms with Crippen LogP contribution in [0.15, 0.2) is 36.8 Å². The van der Waals surface area contributed by atoms with Crippen LogP contribution in [0.25, 0.3) is 17.0 Å². The van der Waals surface area contributed by atoms with Crippen LogP contribution in [0.2, 0.25) is 0 Å². The van der Waals surface area contributed by atoms with Crippen molar-refractivity contribution >= 4 is 5.65 Å². The van der Waals surface area contributed by atoms with Gasteiger partial charge in [0.1, 0.15) is 11.4 Å². The molecular weight excluding hydrogens is 190 g/mol. The average molecular weight is 199 g/mol. The molecule has 0 amide bonds. The summed E-state index contributed by atoms with van der Waals surface area (Å²) in [5.74, 6) is 0. The van der Waals surface area contributed by atoms with Gasteiger partial charge in [0, 0.05) is 19.4 Å². The van der Waals surface area contributed by atoms with Gasteiger partial charge in [-0.2, -0.15) is 10.2 Å². The Morgan fingerprint density at radius 2 is 2.20 bits per heavy atom. The third-order valence-corrected chi connectivity index (χ3v) is 2.25. The number of aryl methyl sites for hydroxylation is 1. The largest absolute Gasteiger partial charge is 0.275 e. The summed E-state index contributed by atoms with van der Waals surface area (Å²) in [6, 6.07) is 5.72. The van der Waals surface area contributed by atoms with Gasteiger partial charge in [0.25, 0.3) is 0 Å². The van der Waals surface area contributed by atoms with Crippen molar-refractivity contribution in [3.05, 3.63) is 36.8 Å². The van der Waals surface area contributed by atoms with E-state index in [-0.39, 0.29) is 0 Å². The quantitative estimate of drug-likeness (QED) is 0.590. The van der Waals surface area contributed by atoms with E-state index in [0.717, 1.165) is 17.0 Å². The number of hydrogen-bond donors (Lipinski definition) is 0. The van der Waals surface area contributed by atoms with E-state index in [1.807, 2.05) is 31.4 Å². The van der Waals surface area contributed by atoms with Crippen LogP contribution in [0.1, 0.15) is 0 Å². The van der Waals surface area contributed by atoms with Crippen molar-refractivity contribution in [3.63, 3.8) is 0 Å². The van der Waals surface area contributed by atoms with Crippen LogP contribution in [0.4, 0.5) is 0 Å². The summed E-state index contributed by atoms with van der Waals surface area (Å²) in [4.78, 5) is 4.26. The van der Waals surface area contributed by atoms with Gasteiger partial charge in [-0.05, 0) is 18.2 Å². The number of fused-ring (bicyclic) bond motifs is 1. The predicted octanol–water partition coefficient (Wildman–Crippen LogP) is 1.13. The fourth-order valence-electron chi connectivity index (χ4n) is 1.56. The second kappa shape index (κ2) is 2.91. The maximum Gasteiger partial charge on any atom is 0.154 e. The van der Waals surface area contributed by atoms with E-state index in [1.54, 1.807) is 21.6 Å². The van der Waals surface area contributed by atoms with Gasteiger partial charge in [0.2, 0.25) is 0 Å². The van der Waals surface area contributed by atoms with Crippen molar-refractivity contribution < 1.29 is 0 Å². The first kappa shape index (κ1) is 8.16. The zero-order valence-corrected chi connectivity index (χ0v) is 8.20. The zero-order valence-electron chi connectivity index (χ0n) is 8.20. The molecule has 5 nitrogen and oxygen atoms in total. The van der Waals surface area contributed by atoms with Crippen LogP contribution < -0.4 is 0 Å². The van der Waals surface area contributed by atoms with Crippen LogP contribution in [0.3, 0.4) is 0 Å². The topological polar surface area (TPSA) is 48.0 Å². The van der Waals surface area contributed by atoms with Gasteiger partial charge >= 0.3 is 0 Å². The Morgan fingerprint density at radius 3 is 3.00 bits per heavy atom. The minimum absolute atomic E-state index is 0.832. The summed E-state index contributed by atoms with van der Waals surface area (Å²) in [6.45, 7) is 0. The van der Waals surface area contributed by atoms with Crippen LogP contribution in [-0.2, 0) is 7.05 Å². The molecule has 0 radical (unpaired) electrons. The summed E-state index contributed by atoms with van der Waals surface area (Å²) < 4.78 is 3.54. The molecule has 0 saturated heterocycles. The standard InChI is InChI=1S/C10H9N5/c1-14-6-4-8(13-14)9-7-11-10-3-2-5-12-15(9)10/h2-7H,1H3. The first-order valence-electron chi connectivity index (χ1n) is 4.63. The number of rotatable bonds is 1. The summed E-state index contributed by atoms with van der Waals surface area (Å²) in [7, 11) is 1.89. The van der Waals surface area contributed by atoms with Crippen molar-refractivity contribution in [3.8, 4) is 11.4 Å². The van der Waals surface area contributed by atoms with Crippen molar-refractivity contribution in [2.75, 3.05) is 0 Å². The van der Waals surface area contributed by atoms with Crippen LogP contribution in [0.5, 0.6) is 0 Å². The lowest BCUT2D eigenvalue weighted by Crippen LogP contribution is -1.94. The van der Waals surface area contributed by atoms with E-state index in [4.69, 9.17) is 0 Å². The molecule has 0 aliphatic carbocycles. The van der Waals surface area contributed by atoms with Crippen molar-refractivity contribution in [2.45, 2.75) is 0 Å². The van der Waals surface area contributed by atoms with Gasteiger partial charge in [-0.3, -0.25) is 4.68 Å². The summed E-state index contributed by atoms with van der Waals surface area (Å²) in [5.41, 5.74) is 2.62. The van der Waals surface area contributed by atoms with Gasteiger partial charge in [-0.25, -0.2) is 9.50 Å². The van der Waals surface area contributed by atoms with E-state index in [2.05, 4.69) is 15.2 Å². The first-order valence-corrected chi connectivity index (χ1v) is 4.63. The number of aromatic nitrogens is 5. The minimum Gasteiger partial charge on any atom is -0.275 e. The number of hydrogen-bond acceptors (Lipinski definition) is 3.